The van der Waals surface area contributed by atoms with Gasteiger partial charge in [0.1, 0.15) is 12.3 Å². The number of benzene rings is 2. The third-order valence-corrected chi connectivity index (χ3v) is 4.92. The number of fused-ring (bicyclic) bond motifs is 1. The van der Waals surface area contributed by atoms with E-state index < -0.39 is 5.91 Å². The topological polar surface area (TPSA) is 101 Å². The molecule has 0 aliphatic rings. The van der Waals surface area contributed by atoms with E-state index in [0.29, 0.717) is 14.7 Å². The standard InChI is InChI=1S/C18H14Br2N4O2/c19-13-7-12(8-14(20)18(13)26)17(23-9-16(25)24-21)11-3-4-15-10(6-11)2-1-5-22-15/h1-8,26H,9,21H2,(H,24,25). The summed E-state index contributed by atoms with van der Waals surface area (Å²) in [6.07, 6.45) is 1.73. The molecule has 0 fully saturated rings. The van der Waals surface area contributed by atoms with Crippen LogP contribution in [0.4, 0.5) is 0 Å². The number of nitrogens with zero attached hydrogens (tertiary/aromatic N) is 2. The number of amides is 1. The molecule has 0 atom stereocenters. The minimum Gasteiger partial charge on any atom is -0.506 e. The molecule has 0 aliphatic heterocycles. The number of aromatic nitrogens is 1. The molecule has 0 radical (unpaired) electrons. The largest absolute Gasteiger partial charge is 0.506 e. The second-order valence-electron chi connectivity index (χ2n) is 5.43. The number of phenolic OH excluding ortho intramolecular Hbond substituents is 1. The normalized spacial score (nSPS) is 11.6. The Kier molecular flexibility index (Phi) is 5.65. The van der Waals surface area contributed by atoms with E-state index in [0.717, 1.165) is 22.0 Å². The van der Waals surface area contributed by atoms with Crippen molar-refractivity contribution in [2.75, 3.05) is 6.54 Å². The Morgan fingerprint density at radius 2 is 1.88 bits per heavy atom. The first-order valence-electron chi connectivity index (χ1n) is 7.57. The van der Waals surface area contributed by atoms with Crippen molar-refractivity contribution in [1.29, 1.82) is 0 Å². The minimum absolute atomic E-state index is 0.0931. The quantitative estimate of drug-likeness (QED) is 0.232. The van der Waals surface area contributed by atoms with Crippen LogP contribution in [0.2, 0.25) is 0 Å². The molecule has 2 aromatic carbocycles. The lowest BCUT2D eigenvalue weighted by Crippen LogP contribution is -2.32. The Labute approximate surface area is 166 Å². The van der Waals surface area contributed by atoms with Gasteiger partial charge in [0, 0.05) is 22.7 Å². The van der Waals surface area contributed by atoms with E-state index in [1.807, 2.05) is 30.3 Å². The molecule has 3 rings (SSSR count). The molecular weight excluding hydrogens is 464 g/mol. The average Bonchev–Trinajstić information content (AvgIpc) is 2.65. The van der Waals surface area contributed by atoms with E-state index in [4.69, 9.17) is 5.84 Å². The van der Waals surface area contributed by atoms with Crippen molar-refractivity contribution in [2.45, 2.75) is 0 Å². The first kappa shape index (κ1) is 18.5. The fourth-order valence-corrected chi connectivity index (χ4v) is 3.66. The lowest BCUT2D eigenvalue weighted by molar-refractivity contribution is -0.119. The maximum absolute atomic E-state index is 11.6. The van der Waals surface area contributed by atoms with Gasteiger partial charge in [0.2, 0.25) is 0 Å². The van der Waals surface area contributed by atoms with Gasteiger partial charge in [-0.3, -0.25) is 20.2 Å². The number of carbonyl (C=O) groups is 1. The number of aliphatic imine (C=N–C) groups is 1. The maximum atomic E-state index is 11.6. The third-order valence-electron chi connectivity index (χ3n) is 3.71. The first-order valence-corrected chi connectivity index (χ1v) is 9.15. The Morgan fingerprint density at radius 1 is 1.15 bits per heavy atom. The molecule has 1 aromatic heterocycles. The zero-order chi connectivity index (χ0) is 18.7. The number of aromatic hydroxyl groups is 1. The Balaban J connectivity index is 2.15. The van der Waals surface area contributed by atoms with Crippen LogP contribution in [0.5, 0.6) is 5.75 Å². The predicted molar refractivity (Wildman–Crippen MR) is 108 cm³/mol. The van der Waals surface area contributed by atoms with E-state index in [1.54, 1.807) is 18.3 Å². The van der Waals surface area contributed by atoms with E-state index in [-0.39, 0.29) is 12.3 Å². The van der Waals surface area contributed by atoms with E-state index in [2.05, 4.69) is 47.3 Å². The fraction of sp³-hybridized carbons (Fsp3) is 0.0556. The van der Waals surface area contributed by atoms with Crippen LogP contribution >= 0.6 is 31.9 Å². The molecule has 1 amide bonds. The summed E-state index contributed by atoms with van der Waals surface area (Å²) in [7, 11) is 0. The fourth-order valence-electron chi connectivity index (χ4n) is 2.47. The molecule has 0 aliphatic carbocycles. The molecule has 0 unspecified atom stereocenters. The Bertz CT molecular complexity index is 998. The van der Waals surface area contributed by atoms with Crippen molar-refractivity contribution in [3.05, 3.63) is 68.7 Å². The van der Waals surface area contributed by atoms with Gasteiger partial charge in [-0.2, -0.15) is 0 Å². The number of halogens is 2. The molecule has 6 nitrogen and oxygen atoms in total. The summed E-state index contributed by atoms with van der Waals surface area (Å²) < 4.78 is 1.03. The molecule has 1 heterocycles. The minimum atomic E-state index is -0.401. The highest BCUT2D eigenvalue weighted by molar-refractivity contribution is 9.11. The highest BCUT2D eigenvalue weighted by atomic mass is 79.9. The van der Waals surface area contributed by atoms with E-state index in [1.165, 1.54) is 0 Å². The van der Waals surface area contributed by atoms with E-state index in [9.17, 15) is 9.90 Å². The second kappa shape index (κ2) is 7.94. The molecule has 26 heavy (non-hydrogen) atoms. The van der Waals surface area contributed by atoms with Crippen LogP contribution in [-0.4, -0.2) is 28.3 Å². The Morgan fingerprint density at radius 3 is 2.58 bits per heavy atom. The average molecular weight is 478 g/mol. The van der Waals surface area contributed by atoms with Crippen LogP contribution < -0.4 is 11.3 Å². The number of nitrogens with one attached hydrogen (secondary N) is 1. The van der Waals surface area contributed by atoms with Crippen LogP contribution in [0.1, 0.15) is 11.1 Å². The number of hydrogen-bond acceptors (Lipinski definition) is 5. The van der Waals surface area contributed by atoms with Gasteiger partial charge in [0.05, 0.1) is 20.2 Å². The van der Waals surface area contributed by atoms with Gasteiger partial charge in [-0.1, -0.05) is 12.1 Å². The van der Waals surface area contributed by atoms with Gasteiger partial charge in [0.15, 0.2) is 0 Å². The van der Waals surface area contributed by atoms with Gasteiger partial charge in [-0.15, -0.1) is 0 Å². The maximum Gasteiger partial charge on any atom is 0.255 e. The zero-order valence-corrected chi connectivity index (χ0v) is 16.6. The number of pyridine rings is 1. The highest BCUT2D eigenvalue weighted by Gasteiger charge is 2.14. The highest BCUT2D eigenvalue weighted by Crippen LogP contribution is 2.34. The lowest BCUT2D eigenvalue weighted by Gasteiger charge is -2.11. The van der Waals surface area contributed by atoms with Crippen molar-refractivity contribution in [3.63, 3.8) is 0 Å². The molecule has 0 bridgehead atoms. The molecule has 132 valence electrons. The van der Waals surface area contributed by atoms with Crippen LogP contribution in [0.3, 0.4) is 0 Å². The van der Waals surface area contributed by atoms with Gasteiger partial charge in [0.25, 0.3) is 5.91 Å². The Hall–Kier alpha value is -2.29. The number of hydrazine groups is 1. The number of phenols is 1. The van der Waals surface area contributed by atoms with Gasteiger partial charge < -0.3 is 5.11 Å². The van der Waals surface area contributed by atoms with Crippen molar-refractivity contribution in [2.24, 2.45) is 10.8 Å². The smallest absolute Gasteiger partial charge is 0.255 e. The van der Waals surface area contributed by atoms with Crippen molar-refractivity contribution in [3.8, 4) is 5.75 Å². The van der Waals surface area contributed by atoms with Crippen molar-refractivity contribution < 1.29 is 9.90 Å². The summed E-state index contributed by atoms with van der Waals surface area (Å²) in [5, 5.41) is 10.9. The van der Waals surface area contributed by atoms with Crippen LogP contribution in [0.15, 0.2) is 62.6 Å². The number of rotatable bonds is 4. The lowest BCUT2D eigenvalue weighted by atomic mass is 10.00. The molecule has 0 saturated carbocycles. The van der Waals surface area contributed by atoms with Crippen molar-refractivity contribution >= 4 is 54.4 Å². The summed E-state index contributed by atoms with van der Waals surface area (Å²) >= 11 is 6.65. The van der Waals surface area contributed by atoms with Crippen LogP contribution in [0, 0.1) is 0 Å². The molecule has 4 N–H and O–H groups in total. The number of carbonyl (C=O) groups excluding carboxylic acids is 1. The summed E-state index contributed by atoms with van der Waals surface area (Å²) in [6.45, 7) is -0.118. The molecule has 3 aromatic rings. The van der Waals surface area contributed by atoms with Crippen molar-refractivity contribution in [1.82, 2.24) is 10.4 Å². The van der Waals surface area contributed by atoms with E-state index >= 15 is 0 Å². The molecule has 8 heteroatoms. The third kappa shape index (κ3) is 3.92. The molecule has 0 spiro atoms. The summed E-state index contributed by atoms with van der Waals surface area (Å²) in [6, 6.07) is 13.0. The van der Waals surface area contributed by atoms with Crippen LogP contribution in [0.25, 0.3) is 10.9 Å². The van der Waals surface area contributed by atoms with Gasteiger partial charge >= 0.3 is 0 Å². The molecular formula is C18H14Br2N4O2. The number of hydrogen-bond donors (Lipinski definition) is 3. The van der Waals surface area contributed by atoms with Gasteiger partial charge in [-0.05, 0) is 62.2 Å². The number of nitrogens with two attached hydrogens (primary N) is 1. The van der Waals surface area contributed by atoms with Crippen LogP contribution in [-0.2, 0) is 4.79 Å². The zero-order valence-electron chi connectivity index (χ0n) is 13.4. The SMILES string of the molecule is NNC(=O)CN=C(c1cc(Br)c(O)c(Br)c1)c1ccc2ncccc2c1. The monoisotopic (exact) mass is 476 g/mol. The van der Waals surface area contributed by atoms with Gasteiger partial charge in [-0.25, -0.2) is 5.84 Å². The molecule has 0 saturated heterocycles. The summed E-state index contributed by atoms with van der Waals surface area (Å²) in [5.74, 6) is 4.85. The second-order valence-corrected chi connectivity index (χ2v) is 7.14. The first-order chi connectivity index (χ1) is 12.5. The predicted octanol–water partition coefficient (Wildman–Crippen LogP) is 3.29. The summed E-state index contributed by atoms with van der Waals surface area (Å²) in [4.78, 5) is 20.3. The summed E-state index contributed by atoms with van der Waals surface area (Å²) in [5.41, 5.74) is 5.08.